The van der Waals surface area contributed by atoms with Crippen LogP contribution >= 0.6 is 15.9 Å². The van der Waals surface area contributed by atoms with Crippen LogP contribution in [0, 0.1) is 5.92 Å². The van der Waals surface area contributed by atoms with Crippen LogP contribution in [0.5, 0.6) is 5.75 Å². The summed E-state index contributed by atoms with van der Waals surface area (Å²) < 4.78 is 7.03. The van der Waals surface area contributed by atoms with Crippen LogP contribution in [0.25, 0.3) is 0 Å². The second-order valence-electron chi connectivity index (χ2n) is 6.16. The van der Waals surface area contributed by atoms with E-state index >= 15 is 0 Å². The molecule has 1 atom stereocenters. The van der Waals surface area contributed by atoms with Crippen LogP contribution in [-0.4, -0.2) is 12.1 Å². The first-order valence-corrected chi connectivity index (χ1v) is 7.78. The Morgan fingerprint density at radius 3 is 2.58 bits per heavy atom. The molecule has 0 bridgehead atoms. The summed E-state index contributed by atoms with van der Waals surface area (Å²) in [6, 6.07) is 6.21. The predicted molar refractivity (Wildman–Crippen MR) is 85.7 cm³/mol. The molecule has 3 heteroatoms. The largest absolute Gasteiger partial charge is 0.492 e. The minimum absolute atomic E-state index is 0.107. The van der Waals surface area contributed by atoms with Gasteiger partial charge >= 0.3 is 0 Å². The highest BCUT2D eigenvalue weighted by Crippen LogP contribution is 2.30. The lowest BCUT2D eigenvalue weighted by molar-refractivity contribution is 0.251. The van der Waals surface area contributed by atoms with Gasteiger partial charge in [-0.25, -0.2) is 0 Å². The number of para-hydroxylation sites is 1. The van der Waals surface area contributed by atoms with E-state index in [0.717, 1.165) is 29.8 Å². The van der Waals surface area contributed by atoms with E-state index < -0.39 is 0 Å². The summed E-state index contributed by atoms with van der Waals surface area (Å²) in [5, 5.41) is 3.51. The number of benzene rings is 1. The number of halogens is 1. The number of hydrogen-bond donors (Lipinski definition) is 1. The summed E-state index contributed by atoms with van der Waals surface area (Å²) in [4.78, 5) is 0. The van der Waals surface area contributed by atoms with Gasteiger partial charge in [0.2, 0.25) is 0 Å². The van der Waals surface area contributed by atoms with E-state index in [1.807, 2.05) is 6.07 Å². The molecule has 0 aliphatic rings. The summed E-state index contributed by atoms with van der Waals surface area (Å²) in [6.45, 7) is 12.5. The van der Waals surface area contributed by atoms with Crippen molar-refractivity contribution in [2.24, 2.45) is 5.92 Å². The molecule has 2 nitrogen and oxygen atoms in total. The molecule has 1 rings (SSSR count). The van der Waals surface area contributed by atoms with E-state index in [1.54, 1.807) is 0 Å². The molecule has 108 valence electrons. The molecule has 0 aromatic heterocycles. The molecule has 0 aliphatic heterocycles. The molecule has 0 saturated heterocycles. The van der Waals surface area contributed by atoms with Crippen LogP contribution in [-0.2, 0) is 6.54 Å². The molecule has 1 aromatic rings. The molecule has 0 aliphatic carbocycles. The fourth-order valence-corrected chi connectivity index (χ4v) is 2.08. The lowest BCUT2D eigenvalue weighted by atomic mass is 10.1. The molecule has 0 heterocycles. The average molecular weight is 328 g/mol. The third-order valence-electron chi connectivity index (χ3n) is 3.07. The van der Waals surface area contributed by atoms with Gasteiger partial charge in [0.15, 0.2) is 0 Å². The van der Waals surface area contributed by atoms with Gasteiger partial charge in [0.25, 0.3) is 0 Å². The zero-order valence-corrected chi connectivity index (χ0v) is 14.3. The van der Waals surface area contributed by atoms with E-state index in [-0.39, 0.29) is 5.54 Å². The summed E-state index contributed by atoms with van der Waals surface area (Å²) >= 11 is 3.59. The van der Waals surface area contributed by atoms with E-state index in [2.05, 4.69) is 68.0 Å². The van der Waals surface area contributed by atoms with Gasteiger partial charge in [-0.1, -0.05) is 32.4 Å². The highest BCUT2D eigenvalue weighted by atomic mass is 79.9. The van der Waals surface area contributed by atoms with Gasteiger partial charge in [-0.15, -0.1) is 0 Å². The zero-order valence-electron chi connectivity index (χ0n) is 12.7. The molecule has 0 amide bonds. The van der Waals surface area contributed by atoms with Gasteiger partial charge < -0.3 is 10.1 Å². The summed E-state index contributed by atoms with van der Waals surface area (Å²) in [6.07, 6.45) is 1.14. The Balaban J connectivity index is 2.77. The van der Waals surface area contributed by atoms with Gasteiger partial charge in [0.1, 0.15) is 5.75 Å². The second-order valence-corrected chi connectivity index (χ2v) is 7.01. The SMILES string of the molecule is CCC(C)COc1c(Br)cccc1CNC(C)(C)C. The third-order valence-corrected chi connectivity index (χ3v) is 3.69. The van der Waals surface area contributed by atoms with Crippen LogP contribution in [0.15, 0.2) is 22.7 Å². The van der Waals surface area contributed by atoms with Gasteiger partial charge in [0, 0.05) is 17.6 Å². The van der Waals surface area contributed by atoms with Crippen molar-refractivity contribution in [3.63, 3.8) is 0 Å². The van der Waals surface area contributed by atoms with Crippen LogP contribution in [0.1, 0.15) is 46.6 Å². The third kappa shape index (κ3) is 5.96. The maximum Gasteiger partial charge on any atom is 0.137 e. The minimum atomic E-state index is 0.107. The number of hydrogen-bond acceptors (Lipinski definition) is 2. The van der Waals surface area contributed by atoms with E-state index in [9.17, 15) is 0 Å². The fourth-order valence-electron chi connectivity index (χ4n) is 1.56. The summed E-state index contributed by atoms with van der Waals surface area (Å²) in [5.74, 6) is 1.55. The molecule has 0 radical (unpaired) electrons. The molecule has 0 fully saturated rings. The first kappa shape index (κ1) is 16.5. The van der Waals surface area contributed by atoms with Crippen molar-refractivity contribution in [1.29, 1.82) is 0 Å². The molecule has 0 spiro atoms. The molecular formula is C16H26BrNO. The normalized spacial score (nSPS) is 13.4. The standard InChI is InChI=1S/C16H26BrNO/c1-6-12(2)11-19-15-13(8-7-9-14(15)17)10-18-16(3,4)5/h7-9,12,18H,6,10-11H2,1-5H3. The molecular weight excluding hydrogens is 302 g/mol. The Morgan fingerprint density at radius 2 is 2.00 bits per heavy atom. The van der Waals surface area contributed by atoms with Gasteiger partial charge in [-0.2, -0.15) is 0 Å². The Labute approximate surface area is 126 Å². The Morgan fingerprint density at radius 1 is 1.32 bits per heavy atom. The molecule has 1 N–H and O–H groups in total. The van der Waals surface area contributed by atoms with Crippen molar-refractivity contribution in [2.75, 3.05) is 6.61 Å². The molecule has 0 saturated carbocycles. The Kier molecular flexibility index (Phi) is 6.34. The highest BCUT2D eigenvalue weighted by Gasteiger charge is 2.13. The summed E-state index contributed by atoms with van der Waals surface area (Å²) in [5.41, 5.74) is 1.31. The first-order chi connectivity index (χ1) is 8.83. The van der Waals surface area contributed by atoms with Crippen LogP contribution in [0.2, 0.25) is 0 Å². The average Bonchev–Trinajstić information content (AvgIpc) is 2.33. The fraction of sp³-hybridized carbons (Fsp3) is 0.625. The van der Waals surface area contributed by atoms with Crippen molar-refractivity contribution in [3.8, 4) is 5.75 Å². The Hall–Kier alpha value is -0.540. The van der Waals surface area contributed by atoms with Gasteiger partial charge in [0.05, 0.1) is 11.1 Å². The number of nitrogens with one attached hydrogen (secondary N) is 1. The quantitative estimate of drug-likeness (QED) is 0.813. The number of rotatable bonds is 6. The second kappa shape index (κ2) is 7.30. The van der Waals surface area contributed by atoms with Crippen LogP contribution < -0.4 is 10.1 Å². The van der Waals surface area contributed by atoms with Crippen molar-refractivity contribution < 1.29 is 4.74 Å². The predicted octanol–water partition coefficient (Wildman–Crippen LogP) is 4.76. The lowest BCUT2D eigenvalue weighted by Crippen LogP contribution is -2.35. The van der Waals surface area contributed by atoms with Crippen LogP contribution in [0.4, 0.5) is 0 Å². The van der Waals surface area contributed by atoms with E-state index in [0.29, 0.717) is 5.92 Å². The lowest BCUT2D eigenvalue weighted by Gasteiger charge is -2.22. The zero-order chi connectivity index (χ0) is 14.5. The van der Waals surface area contributed by atoms with Gasteiger partial charge in [-0.05, 0) is 48.7 Å². The Bertz CT molecular complexity index is 398. The summed E-state index contributed by atoms with van der Waals surface area (Å²) in [7, 11) is 0. The van der Waals surface area contributed by atoms with Gasteiger partial charge in [-0.3, -0.25) is 0 Å². The number of ether oxygens (including phenoxy) is 1. The minimum Gasteiger partial charge on any atom is -0.492 e. The maximum atomic E-state index is 6.00. The first-order valence-electron chi connectivity index (χ1n) is 6.98. The highest BCUT2D eigenvalue weighted by molar-refractivity contribution is 9.10. The van der Waals surface area contributed by atoms with Crippen molar-refractivity contribution >= 4 is 15.9 Å². The molecule has 19 heavy (non-hydrogen) atoms. The molecule has 1 aromatic carbocycles. The van der Waals surface area contributed by atoms with Crippen molar-refractivity contribution in [1.82, 2.24) is 5.32 Å². The van der Waals surface area contributed by atoms with E-state index in [4.69, 9.17) is 4.74 Å². The van der Waals surface area contributed by atoms with Crippen molar-refractivity contribution in [3.05, 3.63) is 28.2 Å². The molecule has 1 unspecified atom stereocenters. The maximum absolute atomic E-state index is 6.00. The van der Waals surface area contributed by atoms with Crippen LogP contribution in [0.3, 0.4) is 0 Å². The van der Waals surface area contributed by atoms with Crippen molar-refractivity contribution in [2.45, 2.75) is 53.1 Å². The van der Waals surface area contributed by atoms with E-state index in [1.165, 1.54) is 5.56 Å². The topological polar surface area (TPSA) is 21.3 Å². The monoisotopic (exact) mass is 327 g/mol. The smallest absolute Gasteiger partial charge is 0.137 e.